The van der Waals surface area contributed by atoms with Crippen molar-refractivity contribution in [1.82, 2.24) is 14.3 Å². The molecule has 0 spiro atoms. The lowest BCUT2D eigenvalue weighted by Gasteiger charge is -2.16. The van der Waals surface area contributed by atoms with Gasteiger partial charge in [-0.2, -0.15) is 5.26 Å². The van der Waals surface area contributed by atoms with Gasteiger partial charge in [-0.05, 0) is 61.6 Å². The maximum atomic E-state index is 12.8. The molecule has 1 aliphatic heterocycles. The molecule has 0 bridgehead atoms. The van der Waals surface area contributed by atoms with E-state index in [1.807, 2.05) is 67.7 Å². The Kier molecular flexibility index (Phi) is 6.83. The first-order valence-corrected chi connectivity index (χ1v) is 13.9. The predicted octanol–water partition coefficient (Wildman–Crippen LogP) is 5.89. The fraction of sp³-hybridized carbons (Fsp3) is 0.241. The first-order chi connectivity index (χ1) is 17.9. The molecule has 37 heavy (non-hydrogen) atoms. The SMILES string of the molecule is Cc1ncc(C#N)c(Nc2ccc3[nH]ccc3c2C)c1C=Cc1cccc(CS(=O)(=O)N2CCCC2)c1. The Labute approximate surface area is 217 Å². The van der Waals surface area contributed by atoms with Gasteiger partial charge in [0.05, 0.1) is 17.0 Å². The largest absolute Gasteiger partial charge is 0.361 e. The van der Waals surface area contributed by atoms with Crippen molar-refractivity contribution in [2.24, 2.45) is 0 Å². The number of fused-ring (bicyclic) bond motifs is 1. The smallest absolute Gasteiger partial charge is 0.218 e. The molecule has 1 saturated heterocycles. The van der Waals surface area contributed by atoms with Crippen molar-refractivity contribution < 1.29 is 8.42 Å². The quantitative estimate of drug-likeness (QED) is 0.322. The zero-order valence-corrected chi connectivity index (χ0v) is 21.8. The molecule has 2 N–H and O–H groups in total. The number of nitriles is 1. The molecule has 4 aromatic rings. The van der Waals surface area contributed by atoms with Crippen LogP contribution in [0.15, 0.2) is 54.9 Å². The number of aromatic amines is 1. The number of rotatable bonds is 7. The highest BCUT2D eigenvalue weighted by Crippen LogP contribution is 2.32. The van der Waals surface area contributed by atoms with Gasteiger partial charge in [0, 0.05) is 53.3 Å². The van der Waals surface area contributed by atoms with Gasteiger partial charge >= 0.3 is 0 Å². The van der Waals surface area contributed by atoms with E-state index in [0.717, 1.165) is 57.4 Å². The molecular weight excluding hydrogens is 482 g/mol. The lowest BCUT2D eigenvalue weighted by Crippen LogP contribution is -2.29. The third-order valence-corrected chi connectivity index (χ3v) is 8.75. The summed E-state index contributed by atoms with van der Waals surface area (Å²) in [5.74, 6) is -0.00705. The van der Waals surface area contributed by atoms with Crippen molar-refractivity contribution in [1.29, 1.82) is 5.26 Å². The van der Waals surface area contributed by atoms with Gasteiger partial charge in [0.25, 0.3) is 0 Å². The minimum Gasteiger partial charge on any atom is -0.361 e. The van der Waals surface area contributed by atoms with E-state index in [1.54, 1.807) is 10.5 Å². The number of benzene rings is 2. The average Bonchev–Trinajstić information content (AvgIpc) is 3.59. The third kappa shape index (κ3) is 5.15. The van der Waals surface area contributed by atoms with Crippen LogP contribution in [0.25, 0.3) is 23.1 Å². The van der Waals surface area contributed by atoms with Crippen LogP contribution in [0.1, 0.15) is 46.4 Å². The van der Waals surface area contributed by atoms with Gasteiger partial charge in [-0.1, -0.05) is 36.4 Å². The zero-order valence-electron chi connectivity index (χ0n) is 21.0. The standard InChI is InChI=1S/C29H29N5O2S/c1-20-25-12-13-31-28(25)11-10-27(20)33-29-24(17-30)18-32-21(2)26(29)9-8-22-6-5-7-23(16-22)19-37(35,36)34-14-3-4-15-34/h5-13,16,18,31H,3-4,14-15,19H2,1-2H3,(H,32,33). The lowest BCUT2D eigenvalue weighted by atomic mass is 10.0. The first-order valence-electron chi connectivity index (χ1n) is 12.3. The molecule has 0 aliphatic carbocycles. The highest BCUT2D eigenvalue weighted by atomic mass is 32.2. The molecule has 1 aliphatic rings. The van der Waals surface area contributed by atoms with Crippen LogP contribution in [0.2, 0.25) is 0 Å². The summed E-state index contributed by atoms with van der Waals surface area (Å²) in [5, 5.41) is 14.4. The zero-order chi connectivity index (χ0) is 26.0. The molecule has 188 valence electrons. The Balaban J connectivity index is 1.46. The number of anilines is 2. The molecule has 0 amide bonds. The Bertz CT molecular complexity index is 1640. The van der Waals surface area contributed by atoms with E-state index in [0.29, 0.717) is 24.3 Å². The molecule has 5 rings (SSSR count). The molecule has 0 radical (unpaired) electrons. The number of hydrogen-bond donors (Lipinski definition) is 2. The highest BCUT2D eigenvalue weighted by molar-refractivity contribution is 7.88. The normalized spacial score (nSPS) is 14.4. The van der Waals surface area contributed by atoms with E-state index >= 15 is 0 Å². The highest BCUT2D eigenvalue weighted by Gasteiger charge is 2.25. The van der Waals surface area contributed by atoms with Crippen molar-refractivity contribution >= 4 is 44.5 Å². The molecule has 8 heteroatoms. The van der Waals surface area contributed by atoms with E-state index in [4.69, 9.17) is 0 Å². The van der Waals surface area contributed by atoms with Crippen molar-refractivity contribution in [3.63, 3.8) is 0 Å². The van der Waals surface area contributed by atoms with Crippen LogP contribution >= 0.6 is 0 Å². The van der Waals surface area contributed by atoms with Crippen LogP contribution in [0, 0.1) is 25.2 Å². The van der Waals surface area contributed by atoms with E-state index in [9.17, 15) is 13.7 Å². The van der Waals surface area contributed by atoms with Crippen LogP contribution in [0.3, 0.4) is 0 Å². The summed E-state index contributed by atoms with van der Waals surface area (Å²) in [6.45, 7) is 5.18. The molecule has 0 unspecified atom stereocenters. The molecule has 3 heterocycles. The maximum Gasteiger partial charge on any atom is 0.218 e. The number of nitrogens with one attached hydrogen (secondary N) is 2. The lowest BCUT2D eigenvalue weighted by molar-refractivity contribution is 0.476. The van der Waals surface area contributed by atoms with E-state index in [-0.39, 0.29) is 5.75 Å². The van der Waals surface area contributed by atoms with Crippen molar-refractivity contribution in [2.45, 2.75) is 32.4 Å². The number of aryl methyl sites for hydroxylation is 2. The van der Waals surface area contributed by atoms with Gasteiger partial charge in [0.2, 0.25) is 10.0 Å². The van der Waals surface area contributed by atoms with Crippen LogP contribution in [-0.4, -0.2) is 35.8 Å². The van der Waals surface area contributed by atoms with Gasteiger partial charge < -0.3 is 10.3 Å². The van der Waals surface area contributed by atoms with Gasteiger partial charge in [0.15, 0.2) is 0 Å². The summed E-state index contributed by atoms with van der Waals surface area (Å²) < 4.78 is 27.1. The predicted molar refractivity (Wildman–Crippen MR) is 149 cm³/mol. The summed E-state index contributed by atoms with van der Waals surface area (Å²) in [7, 11) is -3.32. The van der Waals surface area contributed by atoms with Crippen LogP contribution in [0.4, 0.5) is 11.4 Å². The minimum absolute atomic E-state index is 0.00705. The Morgan fingerprint density at radius 2 is 1.95 bits per heavy atom. The van der Waals surface area contributed by atoms with Crippen molar-refractivity contribution in [3.8, 4) is 6.07 Å². The fourth-order valence-electron chi connectivity index (χ4n) is 4.83. The Morgan fingerprint density at radius 3 is 2.73 bits per heavy atom. The molecule has 0 saturated carbocycles. The maximum absolute atomic E-state index is 12.8. The number of hydrogen-bond acceptors (Lipinski definition) is 5. The van der Waals surface area contributed by atoms with Gasteiger partial charge in [-0.15, -0.1) is 0 Å². The average molecular weight is 512 g/mol. The summed E-state index contributed by atoms with van der Waals surface area (Å²) in [6, 6.07) is 15.9. The van der Waals surface area contributed by atoms with E-state index in [1.165, 1.54) is 0 Å². The number of nitrogens with zero attached hydrogens (tertiary/aromatic N) is 3. The summed E-state index contributed by atoms with van der Waals surface area (Å²) in [5.41, 5.74) is 7.42. The molecule has 1 fully saturated rings. The number of H-pyrrole nitrogens is 1. The van der Waals surface area contributed by atoms with Gasteiger partial charge in [-0.3, -0.25) is 4.98 Å². The van der Waals surface area contributed by atoms with Crippen LogP contribution in [-0.2, 0) is 15.8 Å². The summed E-state index contributed by atoms with van der Waals surface area (Å²) in [4.78, 5) is 7.66. The van der Waals surface area contributed by atoms with E-state index in [2.05, 4.69) is 28.3 Å². The summed E-state index contributed by atoms with van der Waals surface area (Å²) in [6.07, 6.45) is 9.22. The van der Waals surface area contributed by atoms with Crippen LogP contribution in [0.5, 0.6) is 0 Å². The van der Waals surface area contributed by atoms with Gasteiger partial charge in [-0.25, -0.2) is 12.7 Å². The van der Waals surface area contributed by atoms with Crippen molar-refractivity contribution in [2.75, 3.05) is 18.4 Å². The number of sulfonamides is 1. The molecular formula is C29H29N5O2S. The summed E-state index contributed by atoms with van der Waals surface area (Å²) >= 11 is 0. The second-order valence-electron chi connectivity index (χ2n) is 9.40. The molecule has 7 nitrogen and oxygen atoms in total. The first kappa shape index (κ1) is 24.8. The van der Waals surface area contributed by atoms with Crippen molar-refractivity contribution in [3.05, 3.63) is 88.4 Å². The minimum atomic E-state index is -3.32. The second kappa shape index (κ2) is 10.2. The number of pyridine rings is 1. The topological polar surface area (TPSA) is 102 Å². The van der Waals surface area contributed by atoms with E-state index < -0.39 is 10.0 Å². The monoisotopic (exact) mass is 511 g/mol. The molecule has 0 atom stereocenters. The Morgan fingerprint density at radius 1 is 1.14 bits per heavy atom. The number of aromatic nitrogens is 2. The van der Waals surface area contributed by atoms with Gasteiger partial charge in [0.1, 0.15) is 6.07 Å². The fourth-order valence-corrected chi connectivity index (χ4v) is 6.43. The molecule has 2 aromatic heterocycles. The second-order valence-corrected chi connectivity index (χ2v) is 11.4. The van der Waals surface area contributed by atoms with Crippen LogP contribution < -0.4 is 5.32 Å². The third-order valence-electron chi connectivity index (χ3n) is 6.90. The molecule has 2 aromatic carbocycles. The Hall–Kier alpha value is -3.93.